The van der Waals surface area contributed by atoms with Crippen molar-refractivity contribution >= 4 is 23.5 Å². The first-order chi connectivity index (χ1) is 14.5. The summed E-state index contributed by atoms with van der Waals surface area (Å²) in [4.78, 5) is 43.4. The van der Waals surface area contributed by atoms with E-state index in [-0.39, 0.29) is 17.8 Å². The van der Waals surface area contributed by atoms with Crippen LogP contribution in [-0.4, -0.2) is 71.8 Å². The predicted molar refractivity (Wildman–Crippen MR) is 112 cm³/mol. The number of urea groups is 1. The average Bonchev–Trinajstić information content (AvgIpc) is 3.47. The van der Waals surface area contributed by atoms with Gasteiger partial charge in [0.1, 0.15) is 0 Å². The fourth-order valence-corrected chi connectivity index (χ4v) is 4.00. The molecule has 2 fully saturated rings. The topological polar surface area (TPSA) is 86.1 Å². The highest BCUT2D eigenvalue weighted by Gasteiger charge is 2.28. The maximum Gasteiger partial charge on any atom is 0.321 e. The summed E-state index contributed by atoms with van der Waals surface area (Å²) in [6.45, 7) is 5.09. The third kappa shape index (κ3) is 4.03. The number of hydrogen-bond acceptors (Lipinski definition) is 4. The Bertz CT molecular complexity index is 927. The van der Waals surface area contributed by atoms with Gasteiger partial charge in [-0.3, -0.25) is 9.59 Å². The van der Waals surface area contributed by atoms with Gasteiger partial charge in [0.05, 0.1) is 17.5 Å². The quantitative estimate of drug-likeness (QED) is 0.843. The van der Waals surface area contributed by atoms with E-state index >= 15 is 0 Å². The third-order valence-electron chi connectivity index (χ3n) is 5.71. The van der Waals surface area contributed by atoms with Crippen LogP contribution in [0.25, 0.3) is 0 Å². The molecule has 2 aromatic rings. The fraction of sp³-hybridized carbons (Fsp3) is 0.409. The number of carbonyl (C=O) groups is 3. The lowest BCUT2D eigenvalue weighted by atomic mass is 10.1. The van der Waals surface area contributed by atoms with Crippen LogP contribution in [0.2, 0.25) is 0 Å². The van der Waals surface area contributed by atoms with Crippen molar-refractivity contribution in [1.29, 1.82) is 0 Å². The number of amides is 4. The van der Waals surface area contributed by atoms with Crippen LogP contribution in [0.15, 0.2) is 41.0 Å². The summed E-state index contributed by atoms with van der Waals surface area (Å²) in [7, 11) is 0. The van der Waals surface area contributed by atoms with Crippen LogP contribution in [0.4, 0.5) is 10.5 Å². The molecular formula is C22H26N4O4. The second-order valence-electron chi connectivity index (χ2n) is 7.68. The standard InChI is InChI=1S/C22H26N4O4/c1-16-6-4-7-17(19(16)21(28)24-9-2-3-10-24)23-22(29)26-13-11-25(12-14-26)20(27)18-8-5-15-30-18/h4-8,15H,2-3,9-14H2,1H3,(H,23,29). The molecular weight excluding hydrogens is 384 g/mol. The SMILES string of the molecule is Cc1cccc(NC(=O)N2CCN(C(=O)c3ccco3)CC2)c1C(=O)N1CCCC1. The van der Waals surface area contributed by atoms with Gasteiger partial charge in [0.2, 0.25) is 0 Å². The molecule has 1 aromatic carbocycles. The molecule has 30 heavy (non-hydrogen) atoms. The van der Waals surface area contributed by atoms with E-state index in [1.807, 2.05) is 24.0 Å². The summed E-state index contributed by atoms with van der Waals surface area (Å²) in [5.74, 6) is 0.102. The van der Waals surface area contributed by atoms with E-state index < -0.39 is 0 Å². The van der Waals surface area contributed by atoms with Gasteiger partial charge >= 0.3 is 6.03 Å². The van der Waals surface area contributed by atoms with Crippen LogP contribution >= 0.6 is 0 Å². The maximum absolute atomic E-state index is 13.0. The fourth-order valence-electron chi connectivity index (χ4n) is 4.00. The molecule has 0 atom stereocenters. The number of nitrogens with one attached hydrogen (secondary N) is 1. The van der Waals surface area contributed by atoms with E-state index in [1.54, 1.807) is 28.0 Å². The lowest BCUT2D eigenvalue weighted by molar-refractivity contribution is 0.0640. The van der Waals surface area contributed by atoms with Crippen molar-refractivity contribution in [2.45, 2.75) is 19.8 Å². The monoisotopic (exact) mass is 410 g/mol. The molecule has 8 nitrogen and oxygen atoms in total. The van der Waals surface area contributed by atoms with Crippen LogP contribution in [0.5, 0.6) is 0 Å². The van der Waals surface area contributed by atoms with Crippen molar-refractivity contribution in [2.24, 2.45) is 0 Å². The summed E-state index contributed by atoms with van der Waals surface area (Å²) in [6, 6.07) is 8.55. The Balaban J connectivity index is 1.40. The van der Waals surface area contributed by atoms with Gasteiger partial charge in [-0.1, -0.05) is 12.1 Å². The summed E-state index contributed by atoms with van der Waals surface area (Å²) >= 11 is 0. The van der Waals surface area contributed by atoms with E-state index in [2.05, 4.69) is 5.32 Å². The molecule has 0 aliphatic carbocycles. The molecule has 2 aliphatic rings. The normalized spacial score (nSPS) is 16.6. The van der Waals surface area contributed by atoms with Crippen LogP contribution < -0.4 is 5.32 Å². The van der Waals surface area contributed by atoms with Gasteiger partial charge in [0, 0.05) is 39.3 Å². The summed E-state index contributed by atoms with van der Waals surface area (Å²) in [5.41, 5.74) is 1.93. The smallest absolute Gasteiger partial charge is 0.321 e. The van der Waals surface area contributed by atoms with Crippen molar-refractivity contribution in [2.75, 3.05) is 44.6 Å². The molecule has 4 rings (SSSR count). The zero-order chi connectivity index (χ0) is 21.1. The van der Waals surface area contributed by atoms with Gasteiger partial charge in [0.25, 0.3) is 11.8 Å². The third-order valence-corrected chi connectivity index (χ3v) is 5.71. The van der Waals surface area contributed by atoms with Crippen LogP contribution in [-0.2, 0) is 0 Å². The lowest BCUT2D eigenvalue weighted by Gasteiger charge is -2.34. The van der Waals surface area contributed by atoms with Gasteiger partial charge in [-0.2, -0.15) is 0 Å². The van der Waals surface area contributed by atoms with Crippen molar-refractivity contribution in [3.05, 3.63) is 53.5 Å². The summed E-state index contributed by atoms with van der Waals surface area (Å²) in [6.07, 6.45) is 3.50. The molecule has 3 heterocycles. The lowest BCUT2D eigenvalue weighted by Crippen LogP contribution is -2.51. The molecule has 0 spiro atoms. The zero-order valence-corrected chi connectivity index (χ0v) is 17.1. The molecule has 0 saturated carbocycles. The minimum Gasteiger partial charge on any atom is -0.459 e. The highest BCUT2D eigenvalue weighted by molar-refractivity contribution is 6.04. The number of piperazine rings is 1. The second-order valence-corrected chi connectivity index (χ2v) is 7.68. The molecule has 1 N–H and O–H groups in total. The number of likely N-dealkylation sites (tertiary alicyclic amines) is 1. The van der Waals surface area contributed by atoms with Crippen molar-refractivity contribution in [3.63, 3.8) is 0 Å². The Morgan fingerprint density at radius 3 is 2.17 bits per heavy atom. The first-order valence-electron chi connectivity index (χ1n) is 10.3. The zero-order valence-electron chi connectivity index (χ0n) is 17.1. The Kier molecular flexibility index (Phi) is 5.74. The highest BCUT2D eigenvalue weighted by atomic mass is 16.3. The molecule has 2 aliphatic heterocycles. The highest BCUT2D eigenvalue weighted by Crippen LogP contribution is 2.24. The molecule has 0 unspecified atom stereocenters. The minimum absolute atomic E-state index is 0.0326. The van der Waals surface area contributed by atoms with E-state index in [4.69, 9.17) is 4.42 Å². The molecule has 2 saturated heterocycles. The van der Waals surface area contributed by atoms with E-state index in [9.17, 15) is 14.4 Å². The first-order valence-corrected chi connectivity index (χ1v) is 10.3. The number of benzene rings is 1. The Labute approximate surface area is 175 Å². The van der Waals surface area contributed by atoms with Crippen LogP contribution in [0.1, 0.15) is 39.3 Å². The number of rotatable bonds is 3. The second kappa shape index (κ2) is 8.61. The van der Waals surface area contributed by atoms with Crippen molar-refractivity contribution in [3.8, 4) is 0 Å². The summed E-state index contributed by atoms with van der Waals surface area (Å²) in [5, 5.41) is 2.91. The largest absolute Gasteiger partial charge is 0.459 e. The van der Waals surface area contributed by atoms with E-state index in [0.717, 1.165) is 31.5 Å². The van der Waals surface area contributed by atoms with Crippen LogP contribution in [0, 0.1) is 6.92 Å². The Morgan fingerprint density at radius 1 is 0.833 bits per heavy atom. The number of nitrogens with zero attached hydrogens (tertiary/aromatic N) is 3. The van der Waals surface area contributed by atoms with Gasteiger partial charge in [-0.15, -0.1) is 0 Å². The number of hydrogen-bond donors (Lipinski definition) is 1. The number of anilines is 1. The van der Waals surface area contributed by atoms with Crippen LogP contribution in [0.3, 0.4) is 0 Å². The predicted octanol–water partition coefficient (Wildman–Crippen LogP) is 2.81. The Morgan fingerprint density at radius 2 is 1.50 bits per heavy atom. The first kappa shape index (κ1) is 20.0. The maximum atomic E-state index is 13.0. The van der Waals surface area contributed by atoms with Gasteiger partial charge < -0.3 is 24.4 Å². The van der Waals surface area contributed by atoms with Crippen molar-refractivity contribution in [1.82, 2.24) is 14.7 Å². The van der Waals surface area contributed by atoms with Gasteiger partial charge in [0.15, 0.2) is 5.76 Å². The summed E-state index contributed by atoms with van der Waals surface area (Å²) < 4.78 is 5.17. The minimum atomic E-state index is -0.263. The number of carbonyl (C=O) groups excluding carboxylic acids is 3. The van der Waals surface area contributed by atoms with Gasteiger partial charge in [-0.25, -0.2) is 4.79 Å². The molecule has 0 radical (unpaired) electrons. The van der Waals surface area contributed by atoms with Crippen molar-refractivity contribution < 1.29 is 18.8 Å². The molecule has 0 bridgehead atoms. The average molecular weight is 410 g/mol. The molecule has 4 amide bonds. The number of aryl methyl sites for hydroxylation is 1. The molecule has 158 valence electrons. The number of furan rings is 1. The van der Waals surface area contributed by atoms with Gasteiger partial charge in [-0.05, 0) is 43.5 Å². The van der Waals surface area contributed by atoms with E-state index in [0.29, 0.717) is 43.2 Å². The van der Waals surface area contributed by atoms with E-state index in [1.165, 1.54) is 6.26 Å². The molecule has 1 aromatic heterocycles. The Hall–Kier alpha value is -3.29. The molecule has 8 heteroatoms.